The molecule has 2 atom stereocenters. The summed E-state index contributed by atoms with van der Waals surface area (Å²) in [5.74, 6) is 0. The van der Waals surface area contributed by atoms with Gasteiger partial charge in [0.1, 0.15) is 0 Å². The van der Waals surface area contributed by atoms with Gasteiger partial charge >= 0.3 is 0 Å². The van der Waals surface area contributed by atoms with Crippen LogP contribution in [0.2, 0.25) is 0 Å². The molecule has 0 aliphatic carbocycles. The van der Waals surface area contributed by atoms with Gasteiger partial charge in [-0.2, -0.15) is 5.10 Å². The quantitative estimate of drug-likeness (QED) is 0.633. The van der Waals surface area contributed by atoms with Crippen LogP contribution in [-0.4, -0.2) is 25.3 Å². The van der Waals surface area contributed by atoms with Crippen molar-refractivity contribution in [2.75, 3.05) is 19.4 Å². The lowest BCUT2D eigenvalue weighted by atomic mass is 9.72. The van der Waals surface area contributed by atoms with Crippen LogP contribution in [0.5, 0.6) is 0 Å². The normalized spacial score (nSPS) is 22.6. The number of rotatable bonds is 3. The number of nitrogens with one attached hydrogen (secondary N) is 1. The van der Waals surface area contributed by atoms with E-state index in [0.717, 1.165) is 6.42 Å². The molecule has 0 spiro atoms. The van der Waals surface area contributed by atoms with Gasteiger partial charge in [-0.3, -0.25) is 0 Å². The van der Waals surface area contributed by atoms with E-state index in [1.54, 1.807) is 0 Å². The average molecular weight is 335 g/mol. The smallest absolute Gasteiger partial charge is 0.0526 e. The third-order valence-electron chi connectivity index (χ3n) is 5.10. The lowest BCUT2D eigenvalue weighted by molar-refractivity contribution is 0.426. The van der Waals surface area contributed by atoms with Crippen LogP contribution in [-0.2, 0) is 5.41 Å². The summed E-state index contributed by atoms with van der Waals surface area (Å²) in [7, 11) is 3.95. The maximum Gasteiger partial charge on any atom is 0.0526 e. The maximum atomic E-state index is 4.60. The van der Waals surface area contributed by atoms with Gasteiger partial charge in [0.25, 0.3) is 0 Å². The van der Waals surface area contributed by atoms with Crippen molar-refractivity contribution in [1.29, 1.82) is 0 Å². The van der Waals surface area contributed by atoms with E-state index in [4.69, 9.17) is 0 Å². The fourth-order valence-electron chi connectivity index (χ4n) is 3.73. The monoisotopic (exact) mass is 335 g/mol. The lowest BCUT2D eigenvalue weighted by Crippen LogP contribution is -2.36. The molecule has 3 nitrogen and oxygen atoms in total. The Hall–Kier alpha value is -2.29. The van der Waals surface area contributed by atoms with Crippen molar-refractivity contribution in [3.05, 3.63) is 64.2 Å². The lowest BCUT2D eigenvalue weighted by Gasteiger charge is -2.40. The topological polar surface area (TPSA) is 27.6 Å². The first-order valence-electron chi connectivity index (χ1n) is 8.96. The molecule has 1 N–H and O–H groups in total. The molecule has 1 aliphatic rings. The molecular formula is C22H29N3. The molecule has 1 heterocycles. The molecule has 0 radical (unpaired) electrons. The molecule has 0 fully saturated rings. The first kappa shape index (κ1) is 17.5. The molecule has 0 bridgehead atoms. The minimum absolute atomic E-state index is 0.100. The van der Waals surface area contributed by atoms with E-state index < -0.39 is 0 Å². The number of hydrazone groups is 1. The summed E-state index contributed by atoms with van der Waals surface area (Å²) >= 11 is 0. The van der Waals surface area contributed by atoms with Gasteiger partial charge in [0.2, 0.25) is 0 Å². The van der Waals surface area contributed by atoms with Gasteiger partial charge in [-0.15, -0.1) is 0 Å². The average Bonchev–Trinajstić information content (AvgIpc) is 2.55. The van der Waals surface area contributed by atoms with E-state index in [0.29, 0.717) is 0 Å². The van der Waals surface area contributed by atoms with E-state index >= 15 is 0 Å². The predicted molar refractivity (Wildman–Crippen MR) is 108 cm³/mol. The number of anilines is 1. The Morgan fingerprint density at radius 1 is 1.08 bits per heavy atom. The van der Waals surface area contributed by atoms with Crippen LogP contribution >= 0.6 is 0 Å². The summed E-state index contributed by atoms with van der Waals surface area (Å²) in [5.41, 5.74) is 7.74. The summed E-state index contributed by atoms with van der Waals surface area (Å²) in [6.45, 7) is 8.80. The van der Waals surface area contributed by atoms with E-state index in [9.17, 15) is 0 Å². The first-order valence-corrected chi connectivity index (χ1v) is 8.96. The fraction of sp³-hybridized carbons (Fsp3) is 0.409. The van der Waals surface area contributed by atoms with Crippen molar-refractivity contribution in [3.63, 3.8) is 0 Å². The molecular weight excluding hydrogens is 306 g/mol. The number of hydrogen-bond donors (Lipinski definition) is 1. The van der Waals surface area contributed by atoms with Crippen molar-refractivity contribution in [1.82, 2.24) is 5.01 Å². The van der Waals surface area contributed by atoms with Crippen molar-refractivity contribution in [2.45, 2.75) is 45.6 Å². The zero-order valence-electron chi connectivity index (χ0n) is 16.2. The second kappa shape index (κ2) is 6.55. The molecule has 0 saturated heterocycles. The fourth-order valence-corrected chi connectivity index (χ4v) is 3.73. The molecule has 0 aromatic heterocycles. The van der Waals surface area contributed by atoms with Crippen LogP contribution in [0.15, 0.2) is 41.5 Å². The van der Waals surface area contributed by atoms with Crippen molar-refractivity contribution in [2.24, 2.45) is 5.10 Å². The number of benzene rings is 2. The van der Waals surface area contributed by atoms with Crippen LogP contribution in [0.4, 0.5) is 5.69 Å². The second-order valence-electron chi connectivity index (χ2n) is 7.83. The highest BCUT2D eigenvalue weighted by atomic mass is 15.4. The largest absolute Gasteiger partial charge is 0.378 e. The molecule has 1 aliphatic heterocycles. The van der Waals surface area contributed by atoms with Gasteiger partial charge in [-0.05, 0) is 43.9 Å². The molecule has 2 aromatic rings. The molecule has 3 rings (SSSR count). The van der Waals surface area contributed by atoms with Crippen LogP contribution in [0, 0.1) is 20.8 Å². The standard InChI is InChI=1S/C22H29N3/c1-15-7-9-18(10-8-15)20-13-22(4,14-23-25(5)6)19-12-16(2)11-17(3)21(19)24-20/h7-12,14,20,24H,13H2,1-6H3/b23-14+/t20-,22+/m0/s1. The zero-order valence-corrected chi connectivity index (χ0v) is 16.2. The second-order valence-corrected chi connectivity index (χ2v) is 7.83. The number of fused-ring (bicyclic) bond motifs is 1. The minimum atomic E-state index is -0.100. The van der Waals surface area contributed by atoms with Gasteiger partial charge in [0.05, 0.1) is 6.04 Å². The molecule has 0 unspecified atom stereocenters. The molecule has 132 valence electrons. The number of hydrogen-bond acceptors (Lipinski definition) is 3. The van der Waals surface area contributed by atoms with Crippen molar-refractivity contribution in [3.8, 4) is 0 Å². The Morgan fingerprint density at radius 3 is 2.40 bits per heavy atom. The third kappa shape index (κ3) is 3.55. The molecule has 0 saturated carbocycles. The molecule has 25 heavy (non-hydrogen) atoms. The summed E-state index contributed by atoms with van der Waals surface area (Å²) in [6, 6.07) is 13.7. The van der Waals surface area contributed by atoms with Gasteiger partial charge in [0.15, 0.2) is 0 Å². The Balaban J connectivity index is 2.09. The number of nitrogens with zero attached hydrogens (tertiary/aromatic N) is 2. The summed E-state index contributed by atoms with van der Waals surface area (Å²) in [4.78, 5) is 0. The Kier molecular flexibility index (Phi) is 4.59. The highest BCUT2D eigenvalue weighted by Gasteiger charge is 2.37. The van der Waals surface area contributed by atoms with Crippen LogP contribution in [0.25, 0.3) is 0 Å². The summed E-state index contributed by atoms with van der Waals surface area (Å²) in [5, 5.41) is 10.3. The maximum absolute atomic E-state index is 4.60. The first-order chi connectivity index (χ1) is 11.8. The summed E-state index contributed by atoms with van der Waals surface area (Å²) < 4.78 is 0. The molecule has 0 amide bonds. The SMILES string of the molecule is Cc1ccc([C@@H]2C[C@](C)(/C=N/N(C)C)c3cc(C)cc(C)c3N2)cc1. The van der Waals surface area contributed by atoms with E-state index in [1.165, 1.54) is 33.5 Å². The predicted octanol–water partition coefficient (Wildman–Crippen LogP) is 4.97. The van der Waals surface area contributed by atoms with E-state index in [2.05, 4.69) is 80.7 Å². The van der Waals surface area contributed by atoms with Gasteiger partial charge < -0.3 is 10.3 Å². The van der Waals surface area contributed by atoms with Crippen molar-refractivity contribution >= 4 is 11.9 Å². The highest BCUT2D eigenvalue weighted by Crippen LogP contribution is 2.45. The van der Waals surface area contributed by atoms with Gasteiger partial charge in [0, 0.05) is 31.4 Å². The van der Waals surface area contributed by atoms with Crippen molar-refractivity contribution < 1.29 is 0 Å². The summed E-state index contributed by atoms with van der Waals surface area (Å²) in [6.07, 6.45) is 3.11. The zero-order chi connectivity index (χ0) is 18.2. The Bertz CT molecular complexity index is 790. The molecule has 3 heteroatoms. The van der Waals surface area contributed by atoms with Gasteiger partial charge in [-0.1, -0.05) is 54.4 Å². The van der Waals surface area contributed by atoms with Crippen LogP contribution < -0.4 is 5.32 Å². The van der Waals surface area contributed by atoms with Crippen LogP contribution in [0.3, 0.4) is 0 Å². The van der Waals surface area contributed by atoms with Crippen LogP contribution in [0.1, 0.15) is 47.2 Å². The van der Waals surface area contributed by atoms with E-state index in [1.807, 2.05) is 19.1 Å². The Morgan fingerprint density at radius 2 is 1.76 bits per heavy atom. The van der Waals surface area contributed by atoms with Gasteiger partial charge in [-0.25, -0.2) is 0 Å². The number of aryl methyl sites for hydroxylation is 3. The minimum Gasteiger partial charge on any atom is -0.378 e. The van der Waals surface area contributed by atoms with E-state index in [-0.39, 0.29) is 11.5 Å². The highest BCUT2D eigenvalue weighted by molar-refractivity contribution is 5.80. The third-order valence-corrected chi connectivity index (χ3v) is 5.10. The molecule has 2 aromatic carbocycles. The Labute approximate surface area is 151 Å².